The van der Waals surface area contributed by atoms with E-state index in [0.29, 0.717) is 31.9 Å². The largest absolute Gasteiger partial charge is 0.399 e. The summed E-state index contributed by atoms with van der Waals surface area (Å²) in [5.74, 6) is -1.77. The van der Waals surface area contributed by atoms with Crippen molar-refractivity contribution in [3.05, 3.63) is 54.1 Å². The molecule has 0 aliphatic carbocycles. The van der Waals surface area contributed by atoms with Crippen molar-refractivity contribution in [2.45, 2.75) is 6.92 Å². The molecular formula is C20H19F2N7O3. The van der Waals surface area contributed by atoms with Crippen LogP contribution in [0.5, 0.6) is 0 Å². The average Bonchev–Trinajstić information content (AvgIpc) is 3.22. The van der Waals surface area contributed by atoms with Gasteiger partial charge in [-0.05, 0) is 24.3 Å². The van der Waals surface area contributed by atoms with E-state index < -0.39 is 17.5 Å². The summed E-state index contributed by atoms with van der Waals surface area (Å²) in [6.07, 6.45) is 1.50. The van der Waals surface area contributed by atoms with Gasteiger partial charge in [-0.15, -0.1) is 5.10 Å². The minimum absolute atomic E-state index is 0.0538. The number of hydrogen-bond donors (Lipinski definition) is 2. The number of piperazine rings is 1. The maximum atomic E-state index is 13.3. The molecule has 1 aliphatic heterocycles. The van der Waals surface area contributed by atoms with E-state index in [1.54, 1.807) is 24.0 Å². The fourth-order valence-electron chi connectivity index (χ4n) is 3.20. The Balaban J connectivity index is 1.35. The number of anilines is 4. The third kappa shape index (κ3) is 4.96. The fraction of sp³-hybridized carbons (Fsp3) is 0.250. The van der Waals surface area contributed by atoms with Gasteiger partial charge in [0.1, 0.15) is 17.5 Å². The first kappa shape index (κ1) is 21.2. The van der Waals surface area contributed by atoms with Gasteiger partial charge in [-0.25, -0.2) is 13.8 Å². The monoisotopic (exact) mass is 443 g/mol. The molecule has 0 bridgehead atoms. The molecule has 4 rings (SSSR count). The zero-order chi connectivity index (χ0) is 22.7. The third-order valence-corrected chi connectivity index (χ3v) is 4.79. The normalized spacial score (nSPS) is 13.7. The maximum Gasteiger partial charge on any atom is 0.320 e. The number of aromatic nitrogens is 3. The number of rotatable bonds is 5. The molecule has 0 unspecified atom stereocenters. The number of halogens is 2. The molecule has 0 atom stereocenters. The lowest BCUT2D eigenvalue weighted by Gasteiger charge is -2.34. The fourth-order valence-corrected chi connectivity index (χ4v) is 3.20. The minimum Gasteiger partial charge on any atom is -0.399 e. The van der Waals surface area contributed by atoms with Gasteiger partial charge in [-0.3, -0.25) is 9.59 Å². The van der Waals surface area contributed by atoms with Crippen LogP contribution in [0.4, 0.5) is 32.0 Å². The Kier molecular flexibility index (Phi) is 5.92. The number of hydrogen-bond acceptors (Lipinski definition) is 8. The SMILES string of the molecule is CC(=O)N1CCN(c2ccc(NC(=O)c3nnc(Nc4cc(F)cc(F)c4)o3)cn2)CC1. The van der Waals surface area contributed by atoms with Crippen molar-refractivity contribution in [3.8, 4) is 0 Å². The van der Waals surface area contributed by atoms with Crippen LogP contribution in [0.15, 0.2) is 40.9 Å². The van der Waals surface area contributed by atoms with Crippen LogP contribution in [0.25, 0.3) is 0 Å². The van der Waals surface area contributed by atoms with Gasteiger partial charge in [-0.1, -0.05) is 5.10 Å². The van der Waals surface area contributed by atoms with Gasteiger partial charge in [0.25, 0.3) is 0 Å². The molecule has 10 nitrogen and oxygen atoms in total. The first-order valence-electron chi connectivity index (χ1n) is 9.72. The molecule has 1 saturated heterocycles. The van der Waals surface area contributed by atoms with Crippen molar-refractivity contribution >= 4 is 35.0 Å². The van der Waals surface area contributed by atoms with E-state index in [-0.39, 0.29) is 23.5 Å². The number of carbonyl (C=O) groups is 2. The van der Waals surface area contributed by atoms with E-state index >= 15 is 0 Å². The number of amides is 2. The molecule has 1 aromatic carbocycles. The molecule has 12 heteroatoms. The molecule has 3 aromatic rings. The van der Waals surface area contributed by atoms with E-state index in [1.165, 1.54) is 6.20 Å². The zero-order valence-electron chi connectivity index (χ0n) is 17.0. The van der Waals surface area contributed by atoms with Crippen molar-refractivity contribution < 1.29 is 22.8 Å². The molecule has 2 N–H and O–H groups in total. The van der Waals surface area contributed by atoms with E-state index in [4.69, 9.17) is 4.42 Å². The van der Waals surface area contributed by atoms with Crippen LogP contribution < -0.4 is 15.5 Å². The second-order valence-corrected chi connectivity index (χ2v) is 7.05. The summed E-state index contributed by atoms with van der Waals surface area (Å²) in [6, 6.07) is 6.06. The van der Waals surface area contributed by atoms with Crippen molar-refractivity contribution in [1.29, 1.82) is 0 Å². The van der Waals surface area contributed by atoms with Crippen LogP contribution >= 0.6 is 0 Å². The van der Waals surface area contributed by atoms with Crippen molar-refractivity contribution in [1.82, 2.24) is 20.1 Å². The van der Waals surface area contributed by atoms with Gasteiger partial charge >= 0.3 is 17.8 Å². The molecule has 2 amide bonds. The quantitative estimate of drug-likeness (QED) is 0.618. The third-order valence-electron chi connectivity index (χ3n) is 4.79. The van der Waals surface area contributed by atoms with Gasteiger partial charge < -0.3 is 24.9 Å². The van der Waals surface area contributed by atoms with Gasteiger partial charge in [0, 0.05) is 44.9 Å². The van der Waals surface area contributed by atoms with Crippen LogP contribution in [0.1, 0.15) is 17.6 Å². The van der Waals surface area contributed by atoms with Crippen LogP contribution in [-0.4, -0.2) is 58.1 Å². The molecule has 0 radical (unpaired) electrons. The number of benzene rings is 1. The van der Waals surface area contributed by atoms with Gasteiger partial charge in [0.05, 0.1) is 11.9 Å². The van der Waals surface area contributed by atoms with E-state index in [0.717, 1.165) is 24.0 Å². The molecule has 0 spiro atoms. The van der Waals surface area contributed by atoms with Gasteiger partial charge in [-0.2, -0.15) is 0 Å². The topological polar surface area (TPSA) is 116 Å². The first-order chi connectivity index (χ1) is 15.4. The number of nitrogens with one attached hydrogen (secondary N) is 2. The predicted octanol–water partition coefficient (Wildman–Crippen LogP) is 2.41. The lowest BCUT2D eigenvalue weighted by molar-refractivity contribution is -0.129. The van der Waals surface area contributed by atoms with Crippen LogP contribution in [0.2, 0.25) is 0 Å². The second kappa shape index (κ2) is 8.96. The summed E-state index contributed by atoms with van der Waals surface area (Å²) in [5, 5.41) is 12.4. The number of carbonyl (C=O) groups excluding carboxylic acids is 2. The molecule has 3 heterocycles. The van der Waals surface area contributed by atoms with Crippen LogP contribution in [0, 0.1) is 11.6 Å². The second-order valence-electron chi connectivity index (χ2n) is 7.05. The maximum absolute atomic E-state index is 13.3. The van der Waals surface area contributed by atoms with Crippen molar-refractivity contribution in [2.24, 2.45) is 0 Å². The molecular weight excluding hydrogens is 424 g/mol. The molecule has 166 valence electrons. The molecule has 32 heavy (non-hydrogen) atoms. The highest BCUT2D eigenvalue weighted by atomic mass is 19.1. The summed E-state index contributed by atoms with van der Waals surface area (Å²) in [6.45, 7) is 4.15. The highest BCUT2D eigenvalue weighted by Gasteiger charge is 2.20. The standard InChI is InChI=1S/C20H19F2N7O3/c1-12(30)28-4-6-29(7-5-28)17-3-2-15(11-23-17)24-18(31)19-26-27-20(32-19)25-16-9-13(21)8-14(22)10-16/h2-3,8-11H,4-7H2,1H3,(H,24,31)(H,25,27). The molecule has 1 fully saturated rings. The minimum atomic E-state index is -0.776. The van der Waals surface area contributed by atoms with Crippen molar-refractivity contribution in [2.75, 3.05) is 41.7 Å². The summed E-state index contributed by atoms with van der Waals surface area (Å²) in [5.41, 5.74) is 0.475. The first-order valence-corrected chi connectivity index (χ1v) is 9.72. The van der Waals surface area contributed by atoms with E-state index in [1.807, 2.05) is 0 Å². The van der Waals surface area contributed by atoms with Crippen molar-refractivity contribution in [3.63, 3.8) is 0 Å². The Bertz CT molecular complexity index is 1110. The Hall–Kier alpha value is -4.09. The van der Waals surface area contributed by atoms with Crippen LogP contribution in [0.3, 0.4) is 0 Å². The predicted molar refractivity (Wildman–Crippen MR) is 111 cm³/mol. The number of nitrogens with zero attached hydrogens (tertiary/aromatic N) is 5. The Morgan fingerprint density at radius 1 is 1.00 bits per heavy atom. The lowest BCUT2D eigenvalue weighted by atomic mass is 10.3. The summed E-state index contributed by atoms with van der Waals surface area (Å²) in [4.78, 5) is 32.0. The van der Waals surface area contributed by atoms with Gasteiger partial charge in [0.2, 0.25) is 5.91 Å². The Morgan fingerprint density at radius 2 is 1.72 bits per heavy atom. The highest BCUT2D eigenvalue weighted by Crippen LogP contribution is 2.20. The molecule has 1 aliphatic rings. The van der Waals surface area contributed by atoms with Crippen LogP contribution in [-0.2, 0) is 4.79 Å². The summed E-state index contributed by atoms with van der Waals surface area (Å²) >= 11 is 0. The van der Waals surface area contributed by atoms with E-state index in [2.05, 4.69) is 30.7 Å². The Labute approximate surface area is 181 Å². The van der Waals surface area contributed by atoms with Gasteiger partial charge in [0.15, 0.2) is 0 Å². The summed E-state index contributed by atoms with van der Waals surface area (Å²) < 4.78 is 31.7. The smallest absolute Gasteiger partial charge is 0.320 e. The van der Waals surface area contributed by atoms with E-state index in [9.17, 15) is 18.4 Å². The molecule has 2 aromatic heterocycles. The molecule has 0 saturated carbocycles. The Morgan fingerprint density at radius 3 is 2.34 bits per heavy atom. The summed E-state index contributed by atoms with van der Waals surface area (Å²) in [7, 11) is 0. The number of pyridine rings is 1. The average molecular weight is 443 g/mol. The lowest BCUT2D eigenvalue weighted by Crippen LogP contribution is -2.48. The zero-order valence-corrected chi connectivity index (χ0v) is 17.0. The highest BCUT2D eigenvalue weighted by molar-refractivity contribution is 6.00.